The Kier molecular flexibility index (Phi) is 3.54. The van der Waals surface area contributed by atoms with Crippen LogP contribution in [0.25, 0.3) is 0 Å². The monoisotopic (exact) mass is 252 g/mol. The lowest BCUT2D eigenvalue weighted by Crippen LogP contribution is -2.24. The molecule has 0 aliphatic carbocycles. The highest BCUT2D eigenvalue weighted by atomic mass is 16.7. The van der Waals surface area contributed by atoms with Crippen molar-refractivity contribution in [3.63, 3.8) is 0 Å². The Balaban J connectivity index is 2.08. The van der Waals surface area contributed by atoms with E-state index in [0.717, 1.165) is 5.56 Å². The fourth-order valence-electron chi connectivity index (χ4n) is 1.95. The smallest absolute Gasteiger partial charge is 0.308 e. The van der Waals surface area contributed by atoms with Gasteiger partial charge in [0.05, 0.1) is 26.2 Å². The maximum absolute atomic E-state index is 11.2. The van der Waals surface area contributed by atoms with Crippen molar-refractivity contribution in [1.29, 1.82) is 0 Å². The molecule has 2 atom stereocenters. The average molecular weight is 252 g/mol. The van der Waals surface area contributed by atoms with Crippen LogP contribution in [0.3, 0.4) is 0 Å². The predicted octanol–water partition coefficient (Wildman–Crippen LogP) is 1.54. The molecule has 1 aliphatic rings. The highest BCUT2D eigenvalue weighted by Crippen LogP contribution is 2.35. The summed E-state index contributed by atoms with van der Waals surface area (Å²) in [6.45, 7) is 2.08. The topological polar surface area (TPSA) is 65.0 Å². The molecule has 5 nitrogen and oxygen atoms in total. The number of carbonyl (C=O) groups is 1. The van der Waals surface area contributed by atoms with Crippen molar-refractivity contribution in [2.24, 2.45) is 0 Å². The van der Waals surface area contributed by atoms with Crippen LogP contribution in [0.1, 0.15) is 18.9 Å². The molecule has 5 heteroatoms. The van der Waals surface area contributed by atoms with Crippen LogP contribution < -0.4 is 0 Å². The molecule has 1 N–H and O–H groups in total. The first kappa shape index (κ1) is 12.9. The molecule has 0 bridgehead atoms. The minimum Gasteiger partial charge on any atom is -0.508 e. The lowest BCUT2D eigenvalue weighted by Gasteiger charge is -2.23. The van der Waals surface area contributed by atoms with Crippen LogP contribution in [0.2, 0.25) is 0 Å². The number of rotatable bonds is 3. The van der Waals surface area contributed by atoms with Crippen LogP contribution in [-0.2, 0) is 24.8 Å². The maximum Gasteiger partial charge on any atom is 0.308 e. The highest BCUT2D eigenvalue weighted by molar-refractivity contribution is 5.69. The molecular weight excluding hydrogens is 236 g/mol. The Morgan fingerprint density at radius 2 is 2.39 bits per heavy atom. The van der Waals surface area contributed by atoms with Crippen molar-refractivity contribution in [2.75, 3.05) is 13.7 Å². The third-order valence-corrected chi connectivity index (χ3v) is 2.93. The first-order valence-corrected chi connectivity index (χ1v) is 5.71. The van der Waals surface area contributed by atoms with E-state index in [-0.39, 0.29) is 24.2 Å². The van der Waals surface area contributed by atoms with E-state index in [4.69, 9.17) is 9.47 Å². The van der Waals surface area contributed by atoms with Gasteiger partial charge >= 0.3 is 5.97 Å². The molecule has 1 fully saturated rings. The van der Waals surface area contributed by atoms with E-state index in [1.165, 1.54) is 7.11 Å². The van der Waals surface area contributed by atoms with Crippen molar-refractivity contribution in [3.8, 4) is 5.75 Å². The van der Waals surface area contributed by atoms with Gasteiger partial charge in [-0.25, -0.2) is 0 Å². The molecule has 18 heavy (non-hydrogen) atoms. The zero-order valence-electron chi connectivity index (χ0n) is 10.4. The van der Waals surface area contributed by atoms with E-state index in [2.05, 4.69) is 4.74 Å². The number of methoxy groups -OCH3 is 1. The Labute approximate surface area is 105 Å². The Morgan fingerprint density at radius 1 is 1.61 bits per heavy atom. The Hall–Kier alpha value is -1.59. The van der Waals surface area contributed by atoms with Gasteiger partial charge in [0.1, 0.15) is 5.75 Å². The summed E-state index contributed by atoms with van der Waals surface area (Å²) < 4.78 is 15.9. The molecule has 1 aromatic rings. The molecule has 0 aromatic heterocycles. The minimum absolute atomic E-state index is 0.150. The van der Waals surface area contributed by atoms with E-state index >= 15 is 0 Å². The fraction of sp³-hybridized carbons (Fsp3) is 0.462. The van der Waals surface area contributed by atoms with Crippen LogP contribution in [0.5, 0.6) is 5.75 Å². The predicted molar refractivity (Wildman–Crippen MR) is 62.9 cm³/mol. The van der Waals surface area contributed by atoms with Crippen molar-refractivity contribution in [1.82, 2.24) is 0 Å². The second-order valence-corrected chi connectivity index (χ2v) is 4.33. The number of benzene rings is 1. The van der Waals surface area contributed by atoms with Gasteiger partial charge < -0.3 is 19.3 Å². The van der Waals surface area contributed by atoms with E-state index in [9.17, 15) is 9.90 Å². The number of hydrogen-bond donors (Lipinski definition) is 1. The van der Waals surface area contributed by atoms with E-state index < -0.39 is 5.79 Å². The van der Waals surface area contributed by atoms with E-state index in [1.54, 1.807) is 31.2 Å². The zero-order chi connectivity index (χ0) is 13.2. The molecule has 2 unspecified atom stereocenters. The number of phenols is 1. The standard InChI is InChI=1S/C13H16O5/c1-13(9-4-3-5-10(14)6-9)17-8-11(18-13)7-12(15)16-2/h3-6,11,14H,7-8H2,1-2H3. The molecule has 98 valence electrons. The lowest BCUT2D eigenvalue weighted by atomic mass is 10.1. The fourth-order valence-corrected chi connectivity index (χ4v) is 1.95. The Morgan fingerprint density at radius 3 is 3.06 bits per heavy atom. The minimum atomic E-state index is -0.933. The molecule has 1 saturated heterocycles. The molecular formula is C13H16O5. The summed E-state index contributed by atoms with van der Waals surface area (Å²) in [7, 11) is 1.34. The van der Waals surface area contributed by atoms with E-state index in [0.29, 0.717) is 6.61 Å². The molecule has 0 spiro atoms. The van der Waals surface area contributed by atoms with Crippen LogP contribution in [-0.4, -0.2) is 30.9 Å². The third-order valence-electron chi connectivity index (χ3n) is 2.93. The summed E-state index contributed by atoms with van der Waals surface area (Å²) in [4.78, 5) is 11.2. The third kappa shape index (κ3) is 2.63. The van der Waals surface area contributed by atoms with Gasteiger partial charge in [0.2, 0.25) is 0 Å². The average Bonchev–Trinajstić information content (AvgIpc) is 2.72. The largest absolute Gasteiger partial charge is 0.508 e. The maximum atomic E-state index is 11.2. The first-order chi connectivity index (χ1) is 8.53. The second kappa shape index (κ2) is 4.96. The van der Waals surface area contributed by atoms with Gasteiger partial charge in [0.15, 0.2) is 5.79 Å². The van der Waals surface area contributed by atoms with Gasteiger partial charge in [-0.3, -0.25) is 4.79 Å². The zero-order valence-corrected chi connectivity index (χ0v) is 10.4. The van der Waals surface area contributed by atoms with E-state index in [1.807, 2.05) is 0 Å². The molecule has 2 rings (SSSR count). The summed E-state index contributed by atoms with van der Waals surface area (Å²) in [6.07, 6.45) is -0.171. The number of phenolic OH excluding ortho intramolecular Hbond substituents is 1. The lowest BCUT2D eigenvalue weighted by molar-refractivity contribution is -0.166. The van der Waals surface area contributed by atoms with Crippen LogP contribution in [0.15, 0.2) is 24.3 Å². The number of aromatic hydroxyl groups is 1. The van der Waals surface area contributed by atoms with Gasteiger partial charge in [-0.15, -0.1) is 0 Å². The SMILES string of the molecule is COC(=O)CC1COC(C)(c2cccc(O)c2)O1. The van der Waals surface area contributed by atoms with Gasteiger partial charge in [0.25, 0.3) is 0 Å². The van der Waals surface area contributed by atoms with Crippen molar-refractivity contribution >= 4 is 5.97 Å². The summed E-state index contributed by atoms with van der Waals surface area (Å²) >= 11 is 0. The molecule has 0 radical (unpaired) electrons. The second-order valence-electron chi connectivity index (χ2n) is 4.33. The summed E-state index contributed by atoms with van der Waals surface area (Å²) in [5.74, 6) is -1.11. The molecule has 0 amide bonds. The van der Waals surface area contributed by atoms with Crippen molar-refractivity contribution in [2.45, 2.75) is 25.2 Å². The number of esters is 1. The van der Waals surface area contributed by atoms with Crippen LogP contribution >= 0.6 is 0 Å². The van der Waals surface area contributed by atoms with Gasteiger partial charge in [-0.05, 0) is 19.1 Å². The van der Waals surface area contributed by atoms with Gasteiger partial charge in [-0.1, -0.05) is 12.1 Å². The van der Waals surface area contributed by atoms with Gasteiger partial charge in [0, 0.05) is 5.56 Å². The summed E-state index contributed by atoms with van der Waals surface area (Å²) in [5.41, 5.74) is 0.717. The number of ether oxygens (including phenoxy) is 3. The summed E-state index contributed by atoms with van der Waals surface area (Å²) in [6, 6.07) is 6.69. The highest BCUT2D eigenvalue weighted by Gasteiger charge is 2.39. The molecule has 0 saturated carbocycles. The number of hydrogen-bond acceptors (Lipinski definition) is 5. The van der Waals surface area contributed by atoms with Crippen molar-refractivity contribution in [3.05, 3.63) is 29.8 Å². The van der Waals surface area contributed by atoms with Crippen LogP contribution in [0, 0.1) is 0 Å². The Bertz CT molecular complexity index is 445. The normalized spacial score (nSPS) is 27.1. The molecule has 1 aromatic carbocycles. The molecule has 1 heterocycles. The summed E-state index contributed by atoms with van der Waals surface area (Å²) in [5, 5.41) is 9.45. The number of carbonyl (C=O) groups excluding carboxylic acids is 1. The van der Waals surface area contributed by atoms with Gasteiger partial charge in [-0.2, -0.15) is 0 Å². The quantitative estimate of drug-likeness (QED) is 0.827. The van der Waals surface area contributed by atoms with Crippen LogP contribution in [0.4, 0.5) is 0 Å². The first-order valence-electron chi connectivity index (χ1n) is 5.71. The van der Waals surface area contributed by atoms with Crippen molar-refractivity contribution < 1.29 is 24.1 Å². The molecule has 1 aliphatic heterocycles.